The van der Waals surface area contributed by atoms with Gasteiger partial charge < -0.3 is 9.80 Å². The zero-order valence-corrected chi connectivity index (χ0v) is 14.0. The molecule has 1 saturated heterocycles. The Balaban J connectivity index is 1.40. The van der Waals surface area contributed by atoms with Crippen LogP contribution in [0.25, 0.3) is 0 Å². The summed E-state index contributed by atoms with van der Waals surface area (Å²) in [5.74, 6) is 13.2. The van der Waals surface area contributed by atoms with Crippen molar-refractivity contribution >= 4 is 0 Å². The molecule has 0 aromatic heterocycles. The summed E-state index contributed by atoms with van der Waals surface area (Å²) in [6.45, 7) is 6.63. The Kier molecular flexibility index (Phi) is 6.09. The molecular weight excluding hydrogens is 292 g/mol. The molecule has 3 rings (SSSR count). The van der Waals surface area contributed by atoms with E-state index in [0.717, 1.165) is 24.2 Å². The summed E-state index contributed by atoms with van der Waals surface area (Å²) in [6, 6.07) is 20.5. The number of piperazine rings is 1. The normalized spacial score (nSPS) is 19.5. The number of nitrogens with one attached hydrogen (secondary N) is 2. The highest BCUT2D eigenvalue weighted by molar-refractivity contribution is 5.34. The van der Waals surface area contributed by atoms with Gasteiger partial charge in [-0.25, -0.2) is 0 Å². The molecule has 0 bridgehead atoms. The topological polar surface area (TPSA) is 8.88 Å². The second-order valence-electron chi connectivity index (χ2n) is 6.19. The maximum atomic E-state index is 3.33. The molecule has 1 fully saturated rings. The van der Waals surface area contributed by atoms with Gasteiger partial charge >= 0.3 is 0 Å². The van der Waals surface area contributed by atoms with Crippen molar-refractivity contribution in [1.29, 1.82) is 0 Å². The lowest BCUT2D eigenvalue weighted by Gasteiger charge is -2.27. The quantitative estimate of drug-likeness (QED) is 0.715. The third-order valence-corrected chi connectivity index (χ3v) is 4.35. The predicted octanol–water partition coefficient (Wildman–Crippen LogP) is -0.127. The molecule has 0 unspecified atom stereocenters. The Bertz CT molecular complexity index is 669. The van der Waals surface area contributed by atoms with Gasteiger partial charge in [-0.3, -0.25) is 0 Å². The standard InChI is InChI=1S/C22H22N2/c1-3-9-21(10-4-1)13-7-15-23-17-19-24(20-18-23)16-8-14-22-11-5-2-6-12-22/h1-6,9-12H,15-20H2/p+2. The molecule has 0 atom stereocenters. The summed E-state index contributed by atoms with van der Waals surface area (Å²) in [6.07, 6.45) is 0. The molecule has 1 aliphatic heterocycles. The largest absolute Gasteiger partial charge is 0.316 e. The third kappa shape index (κ3) is 5.28. The van der Waals surface area contributed by atoms with Gasteiger partial charge in [0.05, 0.1) is 0 Å². The van der Waals surface area contributed by atoms with Gasteiger partial charge in [0.25, 0.3) is 0 Å². The molecular formula is C22H24N2+2. The van der Waals surface area contributed by atoms with Crippen LogP contribution in [0.4, 0.5) is 0 Å². The van der Waals surface area contributed by atoms with Crippen LogP contribution in [0.2, 0.25) is 0 Å². The minimum atomic E-state index is 0.942. The Morgan fingerprint density at radius 1 is 0.583 bits per heavy atom. The molecule has 2 heteroatoms. The van der Waals surface area contributed by atoms with E-state index in [9.17, 15) is 0 Å². The van der Waals surface area contributed by atoms with Crippen LogP contribution in [-0.4, -0.2) is 39.3 Å². The lowest BCUT2D eigenvalue weighted by molar-refractivity contribution is -1.01. The van der Waals surface area contributed by atoms with E-state index in [1.807, 2.05) is 36.4 Å². The average molecular weight is 316 g/mol. The summed E-state index contributed by atoms with van der Waals surface area (Å²) >= 11 is 0. The first kappa shape index (κ1) is 16.3. The first-order chi connectivity index (χ1) is 11.9. The lowest BCUT2D eigenvalue weighted by Crippen LogP contribution is -3.28. The van der Waals surface area contributed by atoms with Crippen molar-refractivity contribution in [2.45, 2.75) is 0 Å². The number of hydrogen-bond donors (Lipinski definition) is 2. The summed E-state index contributed by atoms with van der Waals surface area (Å²) < 4.78 is 0. The minimum Gasteiger partial charge on any atom is -0.316 e. The van der Waals surface area contributed by atoms with Gasteiger partial charge in [-0.2, -0.15) is 0 Å². The maximum Gasteiger partial charge on any atom is 0.140 e. The summed E-state index contributed by atoms with van der Waals surface area (Å²) in [7, 11) is 0. The number of benzene rings is 2. The molecule has 0 amide bonds. The van der Waals surface area contributed by atoms with Crippen LogP contribution in [0.1, 0.15) is 11.1 Å². The maximum absolute atomic E-state index is 3.33. The van der Waals surface area contributed by atoms with E-state index in [2.05, 4.69) is 47.9 Å². The highest BCUT2D eigenvalue weighted by Gasteiger charge is 2.20. The van der Waals surface area contributed by atoms with Crippen molar-refractivity contribution in [2.75, 3.05) is 39.3 Å². The Labute approximate surface area is 145 Å². The highest BCUT2D eigenvalue weighted by Crippen LogP contribution is 1.94. The van der Waals surface area contributed by atoms with Crippen LogP contribution in [0.15, 0.2) is 60.7 Å². The van der Waals surface area contributed by atoms with E-state index in [4.69, 9.17) is 0 Å². The van der Waals surface area contributed by atoms with E-state index in [1.165, 1.54) is 26.2 Å². The van der Waals surface area contributed by atoms with Crippen molar-refractivity contribution < 1.29 is 9.80 Å². The molecule has 0 saturated carbocycles. The predicted molar refractivity (Wildman–Crippen MR) is 97.8 cm³/mol. The van der Waals surface area contributed by atoms with Crippen molar-refractivity contribution in [3.8, 4) is 23.7 Å². The second kappa shape index (κ2) is 8.94. The fourth-order valence-electron chi connectivity index (χ4n) is 2.90. The van der Waals surface area contributed by atoms with Crippen molar-refractivity contribution in [3.63, 3.8) is 0 Å². The number of hydrogen-bond acceptors (Lipinski definition) is 0. The van der Waals surface area contributed by atoms with Gasteiger partial charge in [0.1, 0.15) is 39.3 Å². The van der Waals surface area contributed by atoms with Gasteiger partial charge in [-0.1, -0.05) is 48.2 Å². The van der Waals surface area contributed by atoms with Crippen LogP contribution in [0, 0.1) is 23.7 Å². The van der Waals surface area contributed by atoms with Gasteiger partial charge in [0.15, 0.2) is 0 Å². The Morgan fingerprint density at radius 3 is 1.33 bits per heavy atom. The van der Waals surface area contributed by atoms with Gasteiger partial charge in [-0.15, -0.1) is 0 Å². The fraction of sp³-hybridized carbons (Fsp3) is 0.273. The molecule has 2 N–H and O–H groups in total. The van der Waals surface area contributed by atoms with Gasteiger partial charge in [0.2, 0.25) is 0 Å². The molecule has 120 valence electrons. The Morgan fingerprint density at radius 2 is 0.958 bits per heavy atom. The lowest BCUT2D eigenvalue weighted by atomic mass is 10.2. The Hall–Kier alpha value is -2.52. The molecule has 0 radical (unpaired) electrons. The molecule has 2 aromatic carbocycles. The van der Waals surface area contributed by atoms with E-state index in [1.54, 1.807) is 9.80 Å². The van der Waals surface area contributed by atoms with Crippen molar-refractivity contribution in [2.24, 2.45) is 0 Å². The summed E-state index contributed by atoms with van der Waals surface area (Å²) in [5, 5.41) is 0. The fourth-order valence-corrected chi connectivity index (χ4v) is 2.90. The molecule has 24 heavy (non-hydrogen) atoms. The molecule has 1 aliphatic rings. The summed E-state index contributed by atoms with van der Waals surface area (Å²) in [4.78, 5) is 3.19. The van der Waals surface area contributed by atoms with Gasteiger partial charge in [0, 0.05) is 11.1 Å². The van der Waals surface area contributed by atoms with E-state index in [-0.39, 0.29) is 0 Å². The zero-order valence-electron chi connectivity index (χ0n) is 14.0. The van der Waals surface area contributed by atoms with Crippen LogP contribution in [0.3, 0.4) is 0 Å². The van der Waals surface area contributed by atoms with Crippen LogP contribution in [0.5, 0.6) is 0 Å². The van der Waals surface area contributed by atoms with E-state index < -0.39 is 0 Å². The van der Waals surface area contributed by atoms with Crippen molar-refractivity contribution in [1.82, 2.24) is 0 Å². The molecule has 1 heterocycles. The molecule has 2 aromatic rings. The summed E-state index contributed by atoms with van der Waals surface area (Å²) in [5.41, 5.74) is 2.22. The first-order valence-corrected chi connectivity index (χ1v) is 8.65. The molecule has 2 nitrogen and oxygen atoms in total. The smallest absolute Gasteiger partial charge is 0.140 e. The highest BCUT2D eigenvalue weighted by atomic mass is 15.2. The van der Waals surface area contributed by atoms with Crippen LogP contribution in [-0.2, 0) is 0 Å². The first-order valence-electron chi connectivity index (χ1n) is 8.65. The zero-order chi connectivity index (χ0) is 16.5. The van der Waals surface area contributed by atoms with Crippen molar-refractivity contribution in [3.05, 3.63) is 71.8 Å². The van der Waals surface area contributed by atoms with E-state index >= 15 is 0 Å². The van der Waals surface area contributed by atoms with Crippen LogP contribution < -0.4 is 9.80 Å². The third-order valence-electron chi connectivity index (χ3n) is 4.35. The van der Waals surface area contributed by atoms with Gasteiger partial charge in [-0.05, 0) is 36.1 Å². The average Bonchev–Trinajstić information content (AvgIpc) is 2.65. The number of rotatable bonds is 2. The number of quaternary nitrogens is 2. The van der Waals surface area contributed by atoms with Crippen LogP contribution >= 0.6 is 0 Å². The minimum absolute atomic E-state index is 0.942. The molecule has 0 spiro atoms. The SMILES string of the molecule is C(#Cc1ccccc1)C[NH+]1CC[NH+](CC#Cc2ccccc2)CC1. The molecule has 0 aliphatic carbocycles. The second-order valence-corrected chi connectivity index (χ2v) is 6.19. The monoisotopic (exact) mass is 316 g/mol. The van der Waals surface area contributed by atoms with E-state index in [0.29, 0.717) is 0 Å².